The molecule has 298 valence electrons. The average molecular weight is 761 g/mol. The van der Waals surface area contributed by atoms with Crippen molar-refractivity contribution in [3.63, 3.8) is 0 Å². The molecule has 54 heavy (non-hydrogen) atoms. The Kier molecular flexibility index (Phi) is 9.31. The molecule has 1 amide bonds. The second kappa shape index (κ2) is 12.7. The Labute approximate surface area is 317 Å². The summed E-state index contributed by atoms with van der Waals surface area (Å²) in [6, 6.07) is 1.59. The van der Waals surface area contributed by atoms with E-state index in [0.29, 0.717) is 23.8 Å². The number of alkyl halides is 6. The van der Waals surface area contributed by atoms with E-state index in [9.17, 15) is 35.9 Å². The zero-order valence-electron chi connectivity index (χ0n) is 33.1. The molecule has 0 aromatic heterocycles. The number of piperazine rings is 1. The second-order valence-electron chi connectivity index (χ2n) is 19.7. The van der Waals surface area contributed by atoms with Gasteiger partial charge < -0.3 is 9.80 Å². The number of nitrogens with zero attached hydrogens (tertiary/aromatic N) is 2. The van der Waals surface area contributed by atoms with Crippen LogP contribution in [0.5, 0.6) is 0 Å². The number of ketones is 1. The normalized spacial score (nSPS) is 40.5. The maximum atomic E-state index is 14.8. The van der Waals surface area contributed by atoms with Crippen molar-refractivity contribution in [1.29, 1.82) is 0 Å². The smallest absolute Gasteiger partial charge is 0.340 e. The van der Waals surface area contributed by atoms with Crippen molar-refractivity contribution in [2.24, 2.45) is 56.7 Å². The van der Waals surface area contributed by atoms with Crippen LogP contribution in [0, 0.1) is 56.7 Å². The lowest BCUT2D eigenvalue weighted by Crippen LogP contribution is -2.67. The molecule has 0 radical (unpaired) electrons. The van der Waals surface area contributed by atoms with Crippen LogP contribution >= 0.6 is 0 Å². The number of hydrogen-bond acceptors (Lipinski definition) is 3. The first-order valence-electron chi connectivity index (χ1n) is 20.1. The van der Waals surface area contributed by atoms with Gasteiger partial charge in [0.2, 0.25) is 5.91 Å². The van der Waals surface area contributed by atoms with Crippen molar-refractivity contribution in [2.45, 2.75) is 112 Å². The SMILES string of the molecule is C=C(C)[C@@H]1CC[C@]2(C(=O)N3CCN(C)CC3)CC[C@]3(C)[C@H](CC[C@@H]4[C@@]5(C)C/C(=C/c6cc(C(F)(F)F)cc(C(F)(F)F)c6)C(=O)C(C)(C)[C@@H]5CC[C@]43C)[C@@H]12. The Morgan fingerprint density at radius 1 is 0.796 bits per heavy atom. The van der Waals surface area contributed by atoms with Gasteiger partial charge in [-0.1, -0.05) is 46.8 Å². The lowest BCUT2D eigenvalue weighted by molar-refractivity contribution is -0.231. The van der Waals surface area contributed by atoms with Crippen LogP contribution in [0.15, 0.2) is 35.9 Å². The zero-order chi connectivity index (χ0) is 39.6. The standard InChI is InChI=1S/C44H58F6N2O2/c1-26(2)31-11-14-42(37(54)52-19-17-51(8)18-20-52)16-15-40(6)32(35(31)42)9-10-34-39(5)25-28(36(53)38(3,4)33(39)12-13-41(34,40)7)21-27-22-29(43(45,46)47)24-30(23-27)44(48,49)50/h21-24,31-35H,1,9-20,25H2,2-8H3/b28-21-/t31-,32+,33-,34+,35+,39-,40+,41+,42-/m0/s1. The number of benzene rings is 1. The van der Waals surface area contributed by atoms with Crippen molar-refractivity contribution >= 4 is 17.8 Å². The van der Waals surface area contributed by atoms with Gasteiger partial charge in [-0.25, -0.2) is 0 Å². The van der Waals surface area contributed by atoms with Gasteiger partial charge >= 0.3 is 12.4 Å². The van der Waals surface area contributed by atoms with Gasteiger partial charge in [-0.05, 0) is 153 Å². The summed E-state index contributed by atoms with van der Waals surface area (Å²) in [5, 5.41) is 0. The minimum Gasteiger partial charge on any atom is -0.340 e. The Morgan fingerprint density at radius 3 is 1.98 bits per heavy atom. The maximum absolute atomic E-state index is 14.8. The molecule has 5 saturated carbocycles. The molecule has 1 heterocycles. The third kappa shape index (κ3) is 5.78. The van der Waals surface area contributed by atoms with Crippen LogP contribution in [0.3, 0.4) is 0 Å². The topological polar surface area (TPSA) is 40.6 Å². The van der Waals surface area contributed by atoms with E-state index in [1.165, 1.54) is 6.08 Å². The third-order valence-electron chi connectivity index (χ3n) is 16.8. The van der Waals surface area contributed by atoms with Crippen LogP contribution in [0.4, 0.5) is 26.3 Å². The van der Waals surface area contributed by atoms with Crippen LogP contribution in [-0.4, -0.2) is 54.7 Å². The van der Waals surface area contributed by atoms with E-state index in [0.717, 1.165) is 95.3 Å². The van der Waals surface area contributed by atoms with Crippen molar-refractivity contribution < 1.29 is 35.9 Å². The molecule has 1 aromatic carbocycles. The summed E-state index contributed by atoms with van der Waals surface area (Å²) in [4.78, 5) is 33.4. The number of likely N-dealkylation sites (N-methyl/N-ethyl adjacent to an activating group) is 1. The van der Waals surface area contributed by atoms with Gasteiger partial charge in [-0.2, -0.15) is 26.3 Å². The summed E-state index contributed by atoms with van der Waals surface area (Å²) < 4.78 is 83.0. The van der Waals surface area contributed by atoms with Gasteiger partial charge in [0.15, 0.2) is 5.78 Å². The molecule has 0 N–H and O–H groups in total. The van der Waals surface area contributed by atoms with Gasteiger partial charge in [0, 0.05) is 31.6 Å². The van der Waals surface area contributed by atoms with Gasteiger partial charge in [0.05, 0.1) is 16.5 Å². The minimum absolute atomic E-state index is 0.0104. The fourth-order valence-electron chi connectivity index (χ4n) is 14.1. The Hall–Kier alpha value is -2.62. The molecule has 4 nitrogen and oxygen atoms in total. The van der Waals surface area contributed by atoms with Crippen LogP contribution in [0.1, 0.15) is 116 Å². The number of carbonyl (C=O) groups is 2. The predicted molar refractivity (Wildman–Crippen MR) is 198 cm³/mol. The number of halogens is 6. The zero-order valence-corrected chi connectivity index (χ0v) is 33.1. The molecule has 6 fully saturated rings. The van der Waals surface area contributed by atoms with Crippen LogP contribution < -0.4 is 0 Å². The lowest BCUT2D eigenvalue weighted by atomic mass is 9.32. The number of hydrogen-bond donors (Lipinski definition) is 0. The highest BCUT2D eigenvalue weighted by Crippen LogP contribution is 2.77. The van der Waals surface area contributed by atoms with Crippen molar-refractivity contribution in [2.75, 3.05) is 33.2 Å². The van der Waals surface area contributed by atoms with E-state index in [2.05, 4.69) is 51.1 Å². The first kappa shape index (κ1) is 39.6. The number of Topliss-reactive ketones (excluding diaryl/α,β-unsaturated/α-hetero) is 1. The molecule has 0 unspecified atom stereocenters. The molecule has 5 aliphatic carbocycles. The monoisotopic (exact) mass is 760 g/mol. The first-order chi connectivity index (χ1) is 24.9. The summed E-state index contributed by atoms with van der Waals surface area (Å²) in [7, 11) is 2.10. The Bertz CT molecular complexity index is 1720. The predicted octanol–water partition coefficient (Wildman–Crippen LogP) is 10.7. The number of allylic oxidation sites excluding steroid dienone is 2. The molecule has 7 rings (SSSR count). The molecule has 0 bridgehead atoms. The van der Waals surface area contributed by atoms with Crippen LogP contribution in [0.2, 0.25) is 0 Å². The summed E-state index contributed by atoms with van der Waals surface area (Å²) in [5.41, 5.74) is -3.46. The van der Waals surface area contributed by atoms with E-state index in [4.69, 9.17) is 0 Å². The van der Waals surface area contributed by atoms with Gasteiger partial charge in [-0.3, -0.25) is 9.59 Å². The lowest BCUT2D eigenvalue weighted by Gasteiger charge is -2.72. The highest BCUT2D eigenvalue weighted by atomic mass is 19.4. The first-order valence-corrected chi connectivity index (χ1v) is 20.1. The fraction of sp³-hybridized carbons (Fsp3) is 0.727. The van der Waals surface area contributed by atoms with Gasteiger partial charge in [-0.15, -0.1) is 0 Å². The summed E-state index contributed by atoms with van der Waals surface area (Å²) in [5.74, 6) is 1.11. The summed E-state index contributed by atoms with van der Waals surface area (Å²) in [6.45, 7) is 20.8. The molecule has 9 atom stereocenters. The molecular formula is C44H58F6N2O2. The average Bonchev–Trinajstić information content (AvgIpc) is 3.48. The van der Waals surface area contributed by atoms with E-state index in [1.807, 2.05) is 13.8 Å². The van der Waals surface area contributed by atoms with Crippen molar-refractivity contribution in [1.82, 2.24) is 9.80 Å². The fourth-order valence-corrected chi connectivity index (χ4v) is 14.1. The third-order valence-corrected chi connectivity index (χ3v) is 16.8. The molecule has 10 heteroatoms. The largest absolute Gasteiger partial charge is 0.416 e. The van der Waals surface area contributed by atoms with Crippen LogP contribution in [-0.2, 0) is 21.9 Å². The molecular weight excluding hydrogens is 702 g/mol. The van der Waals surface area contributed by atoms with Crippen molar-refractivity contribution in [3.05, 3.63) is 52.6 Å². The van der Waals surface area contributed by atoms with Gasteiger partial charge in [0.1, 0.15) is 0 Å². The summed E-state index contributed by atoms with van der Waals surface area (Å²) in [6.07, 6.45) is -1.09. The molecule has 1 aromatic rings. The number of carbonyl (C=O) groups excluding carboxylic acids is 2. The van der Waals surface area contributed by atoms with Crippen molar-refractivity contribution in [3.8, 4) is 0 Å². The van der Waals surface area contributed by atoms with E-state index >= 15 is 0 Å². The number of amides is 1. The highest BCUT2D eigenvalue weighted by Gasteiger charge is 2.72. The number of rotatable bonds is 3. The Balaban J connectivity index is 1.27. The number of fused-ring (bicyclic) bond motifs is 7. The Morgan fingerprint density at radius 2 is 1.41 bits per heavy atom. The van der Waals surface area contributed by atoms with E-state index in [1.54, 1.807) is 0 Å². The molecule has 0 spiro atoms. The highest BCUT2D eigenvalue weighted by molar-refractivity contribution is 6.04. The van der Waals surface area contributed by atoms with E-state index < -0.39 is 39.7 Å². The maximum Gasteiger partial charge on any atom is 0.416 e. The minimum atomic E-state index is -4.98. The molecule has 1 saturated heterocycles. The quantitative estimate of drug-likeness (QED) is 0.175. The molecule has 1 aliphatic heterocycles. The second-order valence-corrected chi connectivity index (χ2v) is 19.7. The van der Waals surface area contributed by atoms with Crippen LogP contribution in [0.25, 0.3) is 6.08 Å². The molecule has 6 aliphatic rings. The van der Waals surface area contributed by atoms with E-state index in [-0.39, 0.29) is 51.9 Å². The van der Waals surface area contributed by atoms with Gasteiger partial charge in [0.25, 0.3) is 0 Å². The summed E-state index contributed by atoms with van der Waals surface area (Å²) >= 11 is 0.